The number of benzene rings is 1. The summed E-state index contributed by atoms with van der Waals surface area (Å²) < 4.78 is 69.5. The highest BCUT2D eigenvalue weighted by Gasteiger charge is 2.31. The molecule has 1 heterocycles. The molecule has 11 heteroatoms. The van der Waals surface area contributed by atoms with E-state index in [4.69, 9.17) is 4.74 Å². The Kier molecular flexibility index (Phi) is 6.71. The molecule has 2 N–H and O–H groups in total. The van der Waals surface area contributed by atoms with Crippen LogP contribution in [0.2, 0.25) is 0 Å². The van der Waals surface area contributed by atoms with E-state index in [0.29, 0.717) is 0 Å². The van der Waals surface area contributed by atoms with Crippen LogP contribution >= 0.6 is 0 Å². The molecule has 0 aliphatic carbocycles. The van der Waals surface area contributed by atoms with Gasteiger partial charge in [0.25, 0.3) is 0 Å². The van der Waals surface area contributed by atoms with Gasteiger partial charge in [0.05, 0.1) is 23.5 Å². The quantitative estimate of drug-likeness (QED) is 0.781. The Labute approximate surface area is 155 Å². The monoisotopic (exact) mass is 409 g/mol. The van der Waals surface area contributed by atoms with Crippen molar-refractivity contribution in [2.24, 2.45) is 0 Å². The molecular weight excluding hydrogens is 387 g/mol. The molecule has 2 unspecified atom stereocenters. The van der Waals surface area contributed by atoms with E-state index in [-0.39, 0.29) is 43.3 Å². The number of hydrogen-bond acceptors (Lipinski definition) is 4. The number of alkyl halides is 3. The van der Waals surface area contributed by atoms with Crippen LogP contribution in [0.4, 0.5) is 23.7 Å². The SMILES string of the molecule is CC1CN(S(=O)(=O)CCNC(=O)Nc2cccc(C(F)(F)F)c2)CC(C)O1. The standard InChI is InChI=1S/C16H22F3N3O4S/c1-11-9-22(10-12(2)26-11)27(24,25)7-6-20-15(23)21-14-5-3-4-13(8-14)16(17,18)19/h3-5,8,11-12H,6-7,9-10H2,1-2H3,(H2,20,21,23). The number of carbonyl (C=O) groups excluding carboxylic acids is 1. The number of nitrogens with zero attached hydrogens (tertiary/aromatic N) is 1. The molecule has 2 amide bonds. The number of sulfonamides is 1. The van der Waals surface area contributed by atoms with Crippen LogP contribution in [-0.4, -0.2) is 56.3 Å². The maximum atomic E-state index is 12.7. The second kappa shape index (κ2) is 8.44. The first-order valence-electron chi connectivity index (χ1n) is 8.33. The van der Waals surface area contributed by atoms with E-state index in [2.05, 4.69) is 10.6 Å². The summed E-state index contributed by atoms with van der Waals surface area (Å²) in [6, 6.07) is 3.38. The average Bonchev–Trinajstić information content (AvgIpc) is 2.53. The zero-order valence-corrected chi connectivity index (χ0v) is 15.7. The fourth-order valence-electron chi connectivity index (χ4n) is 2.73. The van der Waals surface area contributed by atoms with E-state index in [1.54, 1.807) is 13.8 Å². The van der Waals surface area contributed by atoms with Crippen LogP contribution < -0.4 is 10.6 Å². The molecular formula is C16H22F3N3O4S. The largest absolute Gasteiger partial charge is 0.416 e. The smallest absolute Gasteiger partial charge is 0.373 e. The number of amides is 2. The fourth-order valence-corrected chi connectivity index (χ4v) is 4.22. The van der Waals surface area contributed by atoms with Crippen molar-refractivity contribution in [3.63, 3.8) is 0 Å². The Balaban J connectivity index is 1.85. The summed E-state index contributed by atoms with van der Waals surface area (Å²) >= 11 is 0. The molecule has 2 atom stereocenters. The maximum Gasteiger partial charge on any atom is 0.416 e. The summed E-state index contributed by atoms with van der Waals surface area (Å²) in [5.41, 5.74) is -0.931. The summed E-state index contributed by atoms with van der Waals surface area (Å²) in [6.45, 7) is 3.86. The molecule has 1 aliphatic rings. The predicted octanol–water partition coefficient (Wildman–Crippen LogP) is 2.27. The number of hydrogen-bond donors (Lipinski definition) is 2. The van der Waals surface area contributed by atoms with Gasteiger partial charge in [0, 0.05) is 25.3 Å². The summed E-state index contributed by atoms with van der Waals surface area (Å²) in [7, 11) is -3.58. The van der Waals surface area contributed by atoms with Crippen molar-refractivity contribution < 1.29 is 31.1 Å². The van der Waals surface area contributed by atoms with Crippen LogP contribution in [0.15, 0.2) is 24.3 Å². The van der Waals surface area contributed by atoms with E-state index in [1.165, 1.54) is 16.4 Å². The number of urea groups is 1. The molecule has 1 aromatic carbocycles. The van der Waals surface area contributed by atoms with Crippen LogP contribution in [0.3, 0.4) is 0 Å². The van der Waals surface area contributed by atoms with Gasteiger partial charge in [-0.15, -0.1) is 0 Å². The van der Waals surface area contributed by atoms with Gasteiger partial charge in [0.15, 0.2) is 0 Å². The Morgan fingerprint density at radius 2 is 1.89 bits per heavy atom. The number of carbonyl (C=O) groups is 1. The molecule has 27 heavy (non-hydrogen) atoms. The Morgan fingerprint density at radius 3 is 2.48 bits per heavy atom. The summed E-state index contributed by atoms with van der Waals surface area (Å²) in [5, 5.41) is 4.59. The van der Waals surface area contributed by atoms with Crippen molar-refractivity contribution in [1.29, 1.82) is 0 Å². The summed E-state index contributed by atoms with van der Waals surface area (Å²) in [6.07, 6.45) is -4.96. The lowest BCUT2D eigenvalue weighted by Gasteiger charge is -2.34. The van der Waals surface area contributed by atoms with Crippen molar-refractivity contribution in [2.45, 2.75) is 32.2 Å². The molecule has 152 valence electrons. The number of rotatable bonds is 5. The first kappa shape index (κ1) is 21.5. The van der Waals surface area contributed by atoms with E-state index in [9.17, 15) is 26.4 Å². The number of anilines is 1. The second-order valence-electron chi connectivity index (χ2n) is 6.35. The number of halogens is 3. The van der Waals surface area contributed by atoms with E-state index < -0.39 is 27.8 Å². The predicted molar refractivity (Wildman–Crippen MR) is 93.8 cm³/mol. The third-order valence-corrected chi connectivity index (χ3v) is 5.68. The topological polar surface area (TPSA) is 87.7 Å². The maximum absolute atomic E-state index is 12.7. The normalized spacial score (nSPS) is 21.7. The highest BCUT2D eigenvalue weighted by molar-refractivity contribution is 7.89. The van der Waals surface area contributed by atoms with Crippen LogP contribution in [0.5, 0.6) is 0 Å². The van der Waals surface area contributed by atoms with Gasteiger partial charge in [0.2, 0.25) is 10.0 Å². The molecule has 0 saturated carbocycles. The van der Waals surface area contributed by atoms with Crippen LogP contribution in [0.25, 0.3) is 0 Å². The average molecular weight is 409 g/mol. The fraction of sp³-hybridized carbons (Fsp3) is 0.562. The Bertz CT molecular complexity index is 760. The zero-order valence-electron chi connectivity index (χ0n) is 14.9. The van der Waals surface area contributed by atoms with E-state index in [1.807, 2.05) is 0 Å². The molecule has 0 bridgehead atoms. The minimum atomic E-state index is -4.52. The Hall–Kier alpha value is -1.85. The van der Waals surface area contributed by atoms with Gasteiger partial charge in [-0.05, 0) is 32.0 Å². The lowest BCUT2D eigenvalue weighted by atomic mass is 10.2. The number of morpholine rings is 1. The lowest BCUT2D eigenvalue weighted by Crippen LogP contribution is -2.49. The lowest BCUT2D eigenvalue weighted by molar-refractivity contribution is -0.137. The van der Waals surface area contributed by atoms with Crippen LogP contribution in [0, 0.1) is 0 Å². The minimum absolute atomic E-state index is 0.0407. The minimum Gasteiger partial charge on any atom is -0.373 e. The molecule has 7 nitrogen and oxygen atoms in total. The van der Waals surface area contributed by atoms with Gasteiger partial charge < -0.3 is 15.4 Å². The van der Waals surface area contributed by atoms with Crippen LogP contribution in [-0.2, 0) is 20.9 Å². The van der Waals surface area contributed by atoms with Gasteiger partial charge in [-0.2, -0.15) is 17.5 Å². The molecule has 1 aliphatic heterocycles. The molecule has 1 fully saturated rings. The van der Waals surface area contributed by atoms with Gasteiger partial charge in [-0.3, -0.25) is 0 Å². The molecule has 0 radical (unpaired) electrons. The molecule has 0 spiro atoms. The summed E-state index contributed by atoms with van der Waals surface area (Å²) in [5.74, 6) is -0.317. The molecule has 2 rings (SSSR count). The third kappa shape index (κ3) is 6.36. The van der Waals surface area contributed by atoms with Gasteiger partial charge in [0.1, 0.15) is 0 Å². The van der Waals surface area contributed by atoms with Crippen LogP contribution in [0.1, 0.15) is 19.4 Å². The zero-order chi connectivity index (χ0) is 20.2. The van der Waals surface area contributed by atoms with Gasteiger partial charge in [-0.25, -0.2) is 13.2 Å². The van der Waals surface area contributed by atoms with Gasteiger partial charge in [-0.1, -0.05) is 6.07 Å². The Morgan fingerprint density at radius 1 is 1.26 bits per heavy atom. The van der Waals surface area contributed by atoms with Crippen molar-refractivity contribution in [3.05, 3.63) is 29.8 Å². The van der Waals surface area contributed by atoms with Gasteiger partial charge >= 0.3 is 12.2 Å². The summed E-state index contributed by atoms with van der Waals surface area (Å²) in [4.78, 5) is 11.8. The first-order valence-corrected chi connectivity index (χ1v) is 9.93. The molecule has 0 aromatic heterocycles. The highest BCUT2D eigenvalue weighted by Crippen LogP contribution is 2.30. The number of ether oxygens (including phenoxy) is 1. The van der Waals surface area contributed by atoms with Crippen molar-refractivity contribution in [3.8, 4) is 0 Å². The first-order chi connectivity index (χ1) is 12.5. The van der Waals surface area contributed by atoms with Crippen molar-refractivity contribution in [1.82, 2.24) is 9.62 Å². The highest BCUT2D eigenvalue weighted by atomic mass is 32.2. The third-order valence-electron chi connectivity index (χ3n) is 3.87. The number of nitrogens with one attached hydrogen (secondary N) is 2. The molecule has 1 saturated heterocycles. The van der Waals surface area contributed by atoms with Crippen molar-refractivity contribution >= 4 is 21.7 Å². The second-order valence-corrected chi connectivity index (χ2v) is 8.44. The van der Waals surface area contributed by atoms with E-state index in [0.717, 1.165) is 12.1 Å². The molecule has 1 aromatic rings. The van der Waals surface area contributed by atoms with E-state index >= 15 is 0 Å². The van der Waals surface area contributed by atoms with Crippen molar-refractivity contribution in [2.75, 3.05) is 30.7 Å².